The molecule has 1 unspecified atom stereocenters. The van der Waals surface area contributed by atoms with Crippen LogP contribution in [0, 0.1) is 26.7 Å². The number of aliphatic carboxylic acids is 1. The molecule has 1 atom stereocenters. The van der Waals surface area contributed by atoms with Gasteiger partial charge in [-0.1, -0.05) is 17.7 Å². The Morgan fingerprint density at radius 2 is 1.89 bits per heavy atom. The average Bonchev–Trinajstić information content (AvgIpc) is 2.18. The normalized spacial score (nSPS) is 17.3. The van der Waals surface area contributed by atoms with Crippen molar-refractivity contribution in [3.63, 3.8) is 0 Å². The second-order valence-electron chi connectivity index (χ2n) is 5.34. The molecule has 3 nitrogen and oxygen atoms in total. The summed E-state index contributed by atoms with van der Waals surface area (Å²) in [5.41, 5.74) is 4.34. The van der Waals surface area contributed by atoms with Gasteiger partial charge in [0.2, 0.25) is 0 Å². The molecule has 3 heteroatoms. The summed E-state index contributed by atoms with van der Waals surface area (Å²) in [5, 5.41) is 9.47. The van der Waals surface area contributed by atoms with Gasteiger partial charge in [-0.2, -0.15) is 0 Å². The van der Waals surface area contributed by atoms with Gasteiger partial charge < -0.3 is 9.84 Å². The number of ether oxygens (including phenoxy) is 1. The molecule has 0 aliphatic carbocycles. The van der Waals surface area contributed by atoms with Crippen molar-refractivity contribution in [2.45, 2.75) is 33.1 Å². The molecular weight excluding hydrogens is 228 g/mol. The third-order valence-corrected chi connectivity index (χ3v) is 3.66. The van der Waals surface area contributed by atoms with Crippen LogP contribution >= 0.6 is 0 Å². The predicted octanol–water partition coefficient (Wildman–Crippen LogP) is 2.82. The highest BCUT2D eigenvalue weighted by atomic mass is 16.5. The quantitative estimate of drug-likeness (QED) is 0.891. The summed E-state index contributed by atoms with van der Waals surface area (Å²) in [4.78, 5) is 11.5. The zero-order valence-electron chi connectivity index (χ0n) is 11.2. The van der Waals surface area contributed by atoms with Crippen LogP contribution in [-0.2, 0) is 9.53 Å². The number of hydrogen-bond acceptors (Lipinski definition) is 2. The van der Waals surface area contributed by atoms with Crippen LogP contribution in [-0.4, -0.2) is 24.3 Å². The average molecular weight is 248 g/mol. The van der Waals surface area contributed by atoms with Gasteiger partial charge in [-0.3, -0.25) is 4.79 Å². The Morgan fingerprint density at radius 1 is 1.33 bits per heavy atom. The number of carboxylic acid groups (broad SMARTS) is 1. The third kappa shape index (κ3) is 2.56. The molecule has 0 spiro atoms. The monoisotopic (exact) mass is 248 g/mol. The second-order valence-corrected chi connectivity index (χ2v) is 5.34. The Kier molecular flexibility index (Phi) is 3.71. The molecule has 1 aromatic carbocycles. The van der Waals surface area contributed by atoms with Crippen LogP contribution in [0.1, 0.15) is 34.6 Å². The summed E-state index contributed by atoms with van der Waals surface area (Å²) in [6, 6.07) is 4.13. The lowest BCUT2D eigenvalue weighted by molar-refractivity contribution is -0.140. The molecule has 1 heterocycles. The van der Waals surface area contributed by atoms with Gasteiger partial charge in [0.25, 0.3) is 0 Å². The van der Waals surface area contributed by atoms with E-state index in [1.165, 1.54) is 5.56 Å². The molecule has 0 saturated carbocycles. The van der Waals surface area contributed by atoms with Gasteiger partial charge in [0, 0.05) is 5.92 Å². The minimum Gasteiger partial charge on any atom is -0.481 e. The Balaban J connectivity index is 2.32. The van der Waals surface area contributed by atoms with Crippen molar-refractivity contribution in [3.05, 3.63) is 34.4 Å². The minimum atomic E-state index is -0.725. The summed E-state index contributed by atoms with van der Waals surface area (Å²) in [7, 11) is 0. The van der Waals surface area contributed by atoms with E-state index in [-0.39, 0.29) is 0 Å². The van der Waals surface area contributed by atoms with E-state index in [4.69, 9.17) is 4.74 Å². The van der Waals surface area contributed by atoms with Crippen molar-refractivity contribution in [1.82, 2.24) is 0 Å². The van der Waals surface area contributed by atoms with E-state index in [9.17, 15) is 9.90 Å². The number of rotatable bonds is 4. The first kappa shape index (κ1) is 13.1. The van der Waals surface area contributed by atoms with Crippen LogP contribution in [0.5, 0.6) is 0 Å². The number of carboxylic acids is 1. The molecule has 1 N–H and O–H groups in total. The van der Waals surface area contributed by atoms with Crippen molar-refractivity contribution >= 4 is 5.97 Å². The van der Waals surface area contributed by atoms with Crippen LogP contribution < -0.4 is 0 Å². The van der Waals surface area contributed by atoms with E-state index >= 15 is 0 Å². The first-order valence-electron chi connectivity index (χ1n) is 6.37. The standard InChI is InChI=1S/C15H20O3/c1-9-4-10(2)14(11(3)5-9)13(15(16)17)6-12-7-18-8-12/h4-5,12-13H,6-8H2,1-3H3,(H,16,17). The van der Waals surface area contributed by atoms with E-state index in [1.807, 2.05) is 20.8 Å². The third-order valence-electron chi connectivity index (χ3n) is 3.66. The van der Waals surface area contributed by atoms with Gasteiger partial charge >= 0.3 is 5.97 Å². The zero-order chi connectivity index (χ0) is 13.3. The molecule has 1 aliphatic rings. The molecule has 2 rings (SSSR count). The molecule has 0 radical (unpaired) electrons. The Bertz CT molecular complexity index is 438. The van der Waals surface area contributed by atoms with Crippen LogP contribution in [0.2, 0.25) is 0 Å². The van der Waals surface area contributed by atoms with Crippen molar-refractivity contribution < 1.29 is 14.6 Å². The summed E-state index contributed by atoms with van der Waals surface area (Å²) >= 11 is 0. The molecule has 0 bridgehead atoms. The van der Waals surface area contributed by atoms with Crippen molar-refractivity contribution in [2.75, 3.05) is 13.2 Å². The summed E-state index contributed by atoms with van der Waals surface area (Å²) in [6.07, 6.45) is 0.681. The van der Waals surface area contributed by atoms with Crippen molar-refractivity contribution in [1.29, 1.82) is 0 Å². The lowest BCUT2D eigenvalue weighted by Crippen LogP contribution is -2.31. The molecular formula is C15H20O3. The van der Waals surface area contributed by atoms with Crippen LogP contribution in [0.4, 0.5) is 0 Å². The lowest BCUT2D eigenvalue weighted by atomic mass is 9.83. The Morgan fingerprint density at radius 3 is 2.28 bits per heavy atom. The molecule has 18 heavy (non-hydrogen) atoms. The van der Waals surface area contributed by atoms with Gasteiger partial charge in [-0.15, -0.1) is 0 Å². The molecule has 1 aromatic rings. The van der Waals surface area contributed by atoms with Gasteiger partial charge in [0.15, 0.2) is 0 Å². The van der Waals surface area contributed by atoms with E-state index in [0.717, 1.165) is 16.7 Å². The highest BCUT2D eigenvalue weighted by Gasteiger charge is 2.30. The lowest BCUT2D eigenvalue weighted by Gasteiger charge is -2.29. The molecule has 0 aromatic heterocycles. The number of hydrogen-bond donors (Lipinski definition) is 1. The van der Waals surface area contributed by atoms with E-state index in [2.05, 4.69) is 12.1 Å². The molecule has 1 aliphatic heterocycles. The van der Waals surface area contributed by atoms with Crippen molar-refractivity contribution in [2.24, 2.45) is 5.92 Å². The number of carbonyl (C=O) groups is 1. The minimum absolute atomic E-state index is 0.395. The topological polar surface area (TPSA) is 46.5 Å². The fourth-order valence-electron chi connectivity index (χ4n) is 2.84. The SMILES string of the molecule is Cc1cc(C)c(C(CC2COC2)C(=O)O)c(C)c1. The van der Waals surface area contributed by atoms with E-state index in [1.54, 1.807) is 0 Å². The molecule has 0 amide bonds. The Labute approximate surface area is 108 Å². The van der Waals surface area contributed by atoms with Gasteiger partial charge in [0.05, 0.1) is 19.1 Å². The maximum atomic E-state index is 11.5. The van der Waals surface area contributed by atoms with E-state index in [0.29, 0.717) is 25.6 Å². The highest BCUT2D eigenvalue weighted by Crippen LogP contribution is 2.32. The largest absolute Gasteiger partial charge is 0.481 e. The fraction of sp³-hybridized carbons (Fsp3) is 0.533. The molecule has 1 fully saturated rings. The number of benzene rings is 1. The summed E-state index contributed by atoms with van der Waals surface area (Å²) < 4.78 is 5.14. The van der Waals surface area contributed by atoms with Crippen LogP contribution in [0.3, 0.4) is 0 Å². The van der Waals surface area contributed by atoms with Gasteiger partial charge in [0.1, 0.15) is 0 Å². The first-order chi connectivity index (χ1) is 8.49. The molecule has 98 valence electrons. The maximum Gasteiger partial charge on any atom is 0.311 e. The summed E-state index contributed by atoms with van der Waals surface area (Å²) in [6.45, 7) is 7.45. The first-order valence-corrected chi connectivity index (χ1v) is 6.37. The number of aryl methyl sites for hydroxylation is 3. The highest BCUT2D eigenvalue weighted by molar-refractivity contribution is 5.77. The summed E-state index contributed by atoms with van der Waals surface area (Å²) in [5.74, 6) is -0.734. The fourth-order valence-corrected chi connectivity index (χ4v) is 2.84. The predicted molar refractivity (Wildman–Crippen MR) is 70.0 cm³/mol. The van der Waals surface area contributed by atoms with Crippen LogP contribution in [0.15, 0.2) is 12.1 Å². The van der Waals surface area contributed by atoms with Gasteiger partial charge in [-0.05, 0) is 43.9 Å². The van der Waals surface area contributed by atoms with E-state index < -0.39 is 11.9 Å². The molecule has 1 saturated heterocycles. The van der Waals surface area contributed by atoms with Crippen molar-refractivity contribution in [3.8, 4) is 0 Å². The Hall–Kier alpha value is -1.35. The van der Waals surface area contributed by atoms with Crippen LogP contribution in [0.25, 0.3) is 0 Å². The zero-order valence-corrected chi connectivity index (χ0v) is 11.2. The van der Waals surface area contributed by atoms with Gasteiger partial charge in [-0.25, -0.2) is 0 Å². The second kappa shape index (κ2) is 5.11. The smallest absolute Gasteiger partial charge is 0.311 e. The maximum absolute atomic E-state index is 11.5.